The summed E-state index contributed by atoms with van der Waals surface area (Å²) in [6, 6.07) is 12.1. The molecule has 2 aromatic carbocycles. The van der Waals surface area contributed by atoms with Gasteiger partial charge in [-0.1, -0.05) is 54.7 Å². The van der Waals surface area contributed by atoms with Gasteiger partial charge in [-0.15, -0.1) is 0 Å². The fourth-order valence-corrected chi connectivity index (χ4v) is 4.99. The van der Waals surface area contributed by atoms with Gasteiger partial charge >= 0.3 is 0 Å². The van der Waals surface area contributed by atoms with Crippen LogP contribution in [0.5, 0.6) is 0 Å². The van der Waals surface area contributed by atoms with E-state index in [1.54, 1.807) is 29.2 Å². The van der Waals surface area contributed by atoms with E-state index < -0.39 is 6.04 Å². The molecule has 0 saturated carbocycles. The number of nitrogens with one attached hydrogen (secondary N) is 3. The lowest BCUT2D eigenvalue weighted by atomic mass is 9.94. The molecule has 2 aromatic rings. The van der Waals surface area contributed by atoms with Crippen molar-refractivity contribution in [2.24, 2.45) is 11.7 Å². The molecule has 0 radical (unpaired) electrons. The minimum atomic E-state index is -0.641. The lowest BCUT2D eigenvalue weighted by molar-refractivity contribution is -0.137. The highest BCUT2D eigenvalue weighted by Crippen LogP contribution is 2.33. The number of nitrogens with two attached hydrogens (primary N) is 1. The highest BCUT2D eigenvalue weighted by atomic mass is 35.5. The van der Waals surface area contributed by atoms with Crippen molar-refractivity contribution in [2.75, 3.05) is 17.2 Å². The standard InChI is InChI=1S/C28H31Cl2N5O3/c1-17-5-4-8-24(28(38)33-15-19-6-2-3-7-22(19)34-27(17)37)35-12-11-18(13-26(35)36)21-14-20(29)9-10-23(21)32-16-25(30)31/h2-3,6-7,9-10,13-14,16-17,24,32H,4-5,8,11-12,15,31H2,1H3,(H,33,38)(H,34,37)/b25-16-. The molecule has 0 fully saturated rings. The minimum Gasteiger partial charge on any atom is -0.388 e. The molecule has 0 saturated heterocycles. The monoisotopic (exact) mass is 555 g/mol. The first-order valence-electron chi connectivity index (χ1n) is 12.6. The van der Waals surface area contributed by atoms with Gasteiger partial charge < -0.3 is 26.6 Å². The average molecular weight is 556 g/mol. The Morgan fingerprint density at radius 3 is 2.68 bits per heavy atom. The number of hydrogen-bond donors (Lipinski definition) is 4. The van der Waals surface area contributed by atoms with E-state index in [2.05, 4.69) is 16.0 Å². The summed E-state index contributed by atoms with van der Waals surface area (Å²) in [5, 5.41) is 9.62. The molecule has 0 bridgehead atoms. The van der Waals surface area contributed by atoms with Crippen LogP contribution in [0.4, 0.5) is 11.4 Å². The van der Waals surface area contributed by atoms with E-state index in [1.807, 2.05) is 31.2 Å². The van der Waals surface area contributed by atoms with Crippen LogP contribution in [-0.2, 0) is 20.9 Å². The number of carbonyl (C=O) groups excluding carboxylic acids is 3. The highest BCUT2D eigenvalue weighted by Gasteiger charge is 2.32. The molecular formula is C28H31Cl2N5O3. The Morgan fingerprint density at radius 1 is 1.13 bits per heavy atom. The van der Waals surface area contributed by atoms with Gasteiger partial charge in [-0.3, -0.25) is 14.4 Å². The average Bonchev–Trinajstić information content (AvgIpc) is 2.89. The van der Waals surface area contributed by atoms with Crippen LogP contribution in [-0.4, -0.2) is 35.2 Å². The maximum atomic E-state index is 13.4. The molecule has 2 heterocycles. The summed E-state index contributed by atoms with van der Waals surface area (Å²) < 4.78 is 0. The first-order valence-corrected chi connectivity index (χ1v) is 13.3. The highest BCUT2D eigenvalue weighted by molar-refractivity contribution is 6.31. The Balaban J connectivity index is 1.57. The number of fused-ring (bicyclic) bond motifs is 1. The Bertz CT molecular complexity index is 1290. The van der Waals surface area contributed by atoms with Gasteiger partial charge in [-0.05, 0) is 54.7 Å². The number of benzene rings is 2. The fourth-order valence-electron chi connectivity index (χ4n) is 4.76. The molecule has 38 heavy (non-hydrogen) atoms. The molecule has 0 aliphatic carbocycles. The van der Waals surface area contributed by atoms with Gasteiger partial charge in [0.05, 0.1) is 0 Å². The molecule has 2 atom stereocenters. The predicted molar refractivity (Wildman–Crippen MR) is 151 cm³/mol. The van der Waals surface area contributed by atoms with E-state index in [9.17, 15) is 14.4 Å². The van der Waals surface area contributed by atoms with Crippen molar-refractivity contribution in [1.82, 2.24) is 10.2 Å². The molecule has 4 rings (SSSR count). The van der Waals surface area contributed by atoms with Crippen molar-refractivity contribution < 1.29 is 14.4 Å². The van der Waals surface area contributed by atoms with E-state index in [0.717, 1.165) is 16.7 Å². The van der Waals surface area contributed by atoms with Crippen molar-refractivity contribution in [3.05, 3.63) is 76.0 Å². The number of halogens is 2. The van der Waals surface area contributed by atoms with Crippen molar-refractivity contribution in [1.29, 1.82) is 0 Å². The zero-order valence-corrected chi connectivity index (χ0v) is 22.6. The van der Waals surface area contributed by atoms with Crippen molar-refractivity contribution in [2.45, 2.75) is 45.2 Å². The Kier molecular flexibility index (Phi) is 8.97. The summed E-state index contributed by atoms with van der Waals surface area (Å²) in [5.41, 5.74) is 9.30. The van der Waals surface area contributed by atoms with Crippen LogP contribution in [0.3, 0.4) is 0 Å². The molecular weight excluding hydrogens is 525 g/mol. The van der Waals surface area contributed by atoms with Gasteiger partial charge in [0, 0.05) is 53.2 Å². The van der Waals surface area contributed by atoms with Crippen LogP contribution in [0.25, 0.3) is 5.57 Å². The second kappa shape index (κ2) is 12.4. The van der Waals surface area contributed by atoms with Crippen molar-refractivity contribution in [3.8, 4) is 0 Å². The summed E-state index contributed by atoms with van der Waals surface area (Å²) in [7, 11) is 0. The summed E-state index contributed by atoms with van der Waals surface area (Å²) in [6.45, 7) is 2.50. The number of anilines is 2. The van der Waals surface area contributed by atoms with E-state index in [1.165, 1.54) is 6.20 Å². The van der Waals surface area contributed by atoms with Crippen LogP contribution in [0.1, 0.15) is 43.7 Å². The molecule has 2 unspecified atom stereocenters. The molecule has 0 spiro atoms. The second-order valence-corrected chi connectivity index (χ2v) is 10.4. The fraction of sp³-hybridized carbons (Fsp3) is 0.321. The molecule has 2 aliphatic heterocycles. The lowest BCUT2D eigenvalue weighted by Gasteiger charge is -2.34. The Morgan fingerprint density at radius 2 is 1.92 bits per heavy atom. The molecule has 5 N–H and O–H groups in total. The molecule has 0 aromatic heterocycles. The zero-order valence-electron chi connectivity index (χ0n) is 21.1. The maximum absolute atomic E-state index is 13.4. The van der Waals surface area contributed by atoms with E-state index in [-0.39, 0.29) is 35.3 Å². The van der Waals surface area contributed by atoms with Gasteiger partial charge in [-0.2, -0.15) is 0 Å². The summed E-state index contributed by atoms with van der Waals surface area (Å²) in [4.78, 5) is 41.0. The lowest BCUT2D eigenvalue weighted by Crippen LogP contribution is -2.50. The molecule has 8 nitrogen and oxygen atoms in total. The number of amides is 3. The molecule has 200 valence electrons. The van der Waals surface area contributed by atoms with Crippen molar-refractivity contribution in [3.63, 3.8) is 0 Å². The summed E-state index contributed by atoms with van der Waals surface area (Å²) in [5.74, 6) is -0.737. The van der Waals surface area contributed by atoms with Crippen LogP contribution in [0.15, 0.2) is 59.9 Å². The largest absolute Gasteiger partial charge is 0.388 e. The number of hydrogen-bond acceptors (Lipinski definition) is 5. The normalized spacial score (nSPS) is 21.3. The van der Waals surface area contributed by atoms with E-state index >= 15 is 0 Å². The van der Waals surface area contributed by atoms with E-state index in [0.29, 0.717) is 48.6 Å². The number of para-hydroxylation sites is 1. The van der Waals surface area contributed by atoms with E-state index in [4.69, 9.17) is 28.9 Å². The van der Waals surface area contributed by atoms with Gasteiger partial charge in [0.15, 0.2) is 0 Å². The third-order valence-corrected chi connectivity index (χ3v) is 7.21. The van der Waals surface area contributed by atoms with Crippen LogP contribution in [0, 0.1) is 5.92 Å². The summed E-state index contributed by atoms with van der Waals surface area (Å²) >= 11 is 12.0. The third-order valence-electron chi connectivity index (χ3n) is 6.87. The van der Waals surface area contributed by atoms with Gasteiger partial charge in [0.25, 0.3) is 0 Å². The molecule has 3 amide bonds. The first-order chi connectivity index (χ1) is 18.2. The number of nitrogens with zero attached hydrogens (tertiary/aromatic N) is 1. The zero-order chi connectivity index (χ0) is 27.2. The topological polar surface area (TPSA) is 117 Å². The maximum Gasteiger partial charge on any atom is 0.247 e. The van der Waals surface area contributed by atoms with Crippen LogP contribution < -0.4 is 21.7 Å². The Hall–Kier alpha value is -3.49. The predicted octanol–water partition coefficient (Wildman–Crippen LogP) is 4.81. The van der Waals surface area contributed by atoms with Crippen molar-refractivity contribution >= 4 is 57.9 Å². The third kappa shape index (κ3) is 6.68. The van der Waals surface area contributed by atoms with Crippen LogP contribution >= 0.6 is 23.2 Å². The number of rotatable bonds is 4. The molecule has 2 aliphatic rings. The SMILES string of the molecule is CC1CCCC(N2CCC(c3cc(Cl)ccc3N/C=C(\N)Cl)=CC2=O)C(=O)NCc2ccccc2NC1=O. The van der Waals surface area contributed by atoms with Gasteiger partial charge in [-0.25, -0.2) is 0 Å². The van der Waals surface area contributed by atoms with Gasteiger partial charge in [0.1, 0.15) is 11.2 Å². The van der Waals surface area contributed by atoms with Gasteiger partial charge in [0.2, 0.25) is 17.7 Å². The second-order valence-electron chi connectivity index (χ2n) is 9.53. The Labute approximate surface area is 232 Å². The van der Waals surface area contributed by atoms with Crippen LogP contribution in [0.2, 0.25) is 5.02 Å². The minimum absolute atomic E-state index is 0.0563. The first kappa shape index (κ1) is 27.5. The number of carbonyl (C=O) groups is 3. The molecule has 10 heteroatoms. The quantitative estimate of drug-likeness (QED) is 0.404. The smallest absolute Gasteiger partial charge is 0.247 e. The summed E-state index contributed by atoms with van der Waals surface area (Å²) in [6.07, 6.45) is 5.25.